The fraction of sp³-hybridized carbons (Fsp3) is 0.960. The predicted molar refractivity (Wildman–Crippen MR) is 231 cm³/mol. The highest BCUT2D eigenvalue weighted by Crippen LogP contribution is 2.68. The van der Waals surface area contributed by atoms with E-state index < -0.39 is 0 Å². The molecule has 0 heterocycles. The van der Waals surface area contributed by atoms with Crippen LogP contribution in [0.1, 0.15) is 234 Å². The number of fused-ring (bicyclic) bond motifs is 5. The number of carbonyl (C=O) groups is 2. The Balaban J connectivity index is 1.24. The van der Waals surface area contributed by atoms with Crippen molar-refractivity contribution in [3.8, 4) is 0 Å². The van der Waals surface area contributed by atoms with Crippen LogP contribution in [0.25, 0.3) is 0 Å². The molecule has 55 heavy (non-hydrogen) atoms. The fourth-order valence-corrected chi connectivity index (χ4v) is 13.0. The zero-order valence-electron chi connectivity index (χ0n) is 37.5. The maximum atomic E-state index is 13.9. The average molecular weight is 770 g/mol. The average Bonchev–Trinajstić information content (AvgIpc) is 3.54. The van der Waals surface area contributed by atoms with E-state index in [0.717, 1.165) is 68.9 Å². The molecule has 0 aliphatic heterocycles. The van der Waals surface area contributed by atoms with Crippen molar-refractivity contribution in [3.05, 3.63) is 0 Å². The molecule has 5 heteroatoms. The lowest BCUT2D eigenvalue weighted by Gasteiger charge is -2.61. The third kappa shape index (κ3) is 13.6. The Morgan fingerprint density at radius 2 is 1.15 bits per heavy atom. The number of hydrogen-bond donors (Lipinski definition) is 0. The highest BCUT2D eigenvalue weighted by Gasteiger charge is 2.60. The van der Waals surface area contributed by atoms with Gasteiger partial charge in [-0.1, -0.05) is 150 Å². The molecule has 0 radical (unpaired) electrons. The second kappa shape index (κ2) is 24.6. The molecule has 0 spiro atoms. The van der Waals surface area contributed by atoms with E-state index in [1.807, 2.05) is 0 Å². The minimum Gasteiger partial charge on any atom is -0.469 e. The van der Waals surface area contributed by atoms with Crippen LogP contribution in [0.5, 0.6) is 0 Å². The first-order chi connectivity index (χ1) is 26.7. The number of amides is 1. The first-order valence-corrected chi connectivity index (χ1v) is 24.7. The normalized spacial score (nSPS) is 30.6. The lowest BCUT2D eigenvalue weighted by molar-refractivity contribution is -0.141. The van der Waals surface area contributed by atoms with E-state index in [0.29, 0.717) is 29.1 Å². The van der Waals surface area contributed by atoms with Crippen molar-refractivity contribution in [2.24, 2.45) is 46.3 Å². The first kappa shape index (κ1) is 46.4. The maximum Gasteiger partial charge on any atom is 0.410 e. The molecule has 0 aromatic rings. The Morgan fingerprint density at radius 1 is 0.636 bits per heavy atom. The van der Waals surface area contributed by atoms with Gasteiger partial charge in [0.25, 0.3) is 0 Å². The molecule has 0 aromatic heterocycles. The molecular weight excluding hydrogens is 679 g/mol. The van der Waals surface area contributed by atoms with E-state index in [2.05, 4.69) is 39.5 Å². The van der Waals surface area contributed by atoms with Crippen LogP contribution in [0.2, 0.25) is 0 Å². The van der Waals surface area contributed by atoms with Gasteiger partial charge in [0.15, 0.2) is 0 Å². The lowest BCUT2D eigenvalue weighted by Crippen LogP contribution is -2.54. The molecule has 9 atom stereocenters. The standard InChI is InChI=1S/C50H91NO4/c1-7-9-11-13-15-17-19-21-23-25-37-51(38-26-24-22-20-18-16-14-12-10-8-2)48(53)55-42-33-35-49(4)41(39-42)28-29-43-45-31-30-44(40(3)27-32-47(52)54-6)50(45,5)36-34-46(43)49/h40-46H,7-39H2,1-6H3/t40-,41?,42-,43?,44-,45?,46?,49+,50-/m1/s1. The van der Waals surface area contributed by atoms with Gasteiger partial charge in [-0.05, 0) is 123 Å². The summed E-state index contributed by atoms with van der Waals surface area (Å²) in [5.41, 5.74) is 0.798. The molecule has 4 unspecified atom stereocenters. The maximum absolute atomic E-state index is 13.9. The molecule has 1 amide bonds. The van der Waals surface area contributed by atoms with Crippen molar-refractivity contribution >= 4 is 12.1 Å². The van der Waals surface area contributed by atoms with Gasteiger partial charge in [0.1, 0.15) is 6.10 Å². The van der Waals surface area contributed by atoms with Gasteiger partial charge in [0.2, 0.25) is 0 Å². The van der Waals surface area contributed by atoms with Gasteiger partial charge in [0, 0.05) is 19.5 Å². The summed E-state index contributed by atoms with van der Waals surface area (Å²) in [5.74, 6) is 4.42. The van der Waals surface area contributed by atoms with E-state index in [1.165, 1.54) is 168 Å². The van der Waals surface area contributed by atoms with Crippen LogP contribution >= 0.6 is 0 Å². The van der Waals surface area contributed by atoms with Gasteiger partial charge in [-0.3, -0.25) is 4.79 Å². The Bertz CT molecular complexity index is 1050. The third-order valence-electron chi connectivity index (χ3n) is 16.5. The van der Waals surface area contributed by atoms with Crippen LogP contribution in [-0.4, -0.2) is 43.3 Å². The van der Waals surface area contributed by atoms with Crippen LogP contribution < -0.4 is 0 Å². The highest BCUT2D eigenvalue weighted by molar-refractivity contribution is 5.69. The molecule has 4 fully saturated rings. The van der Waals surface area contributed by atoms with Crippen molar-refractivity contribution in [3.63, 3.8) is 0 Å². The number of methoxy groups -OCH3 is 1. The molecule has 4 aliphatic rings. The van der Waals surface area contributed by atoms with Crippen molar-refractivity contribution in [1.82, 2.24) is 4.90 Å². The minimum absolute atomic E-state index is 0.0131. The Kier molecular flexibility index (Phi) is 20.8. The second-order valence-corrected chi connectivity index (χ2v) is 20.1. The number of hydrogen-bond acceptors (Lipinski definition) is 4. The molecule has 4 rings (SSSR count). The molecule has 0 N–H and O–H groups in total. The highest BCUT2D eigenvalue weighted by atomic mass is 16.6. The molecule has 0 bridgehead atoms. The molecule has 320 valence electrons. The molecule has 5 nitrogen and oxygen atoms in total. The van der Waals surface area contributed by atoms with Gasteiger partial charge >= 0.3 is 12.1 Å². The topological polar surface area (TPSA) is 55.8 Å². The van der Waals surface area contributed by atoms with Gasteiger partial charge < -0.3 is 14.4 Å². The number of nitrogens with zero attached hydrogens (tertiary/aromatic N) is 1. The number of unbranched alkanes of at least 4 members (excludes halogenated alkanes) is 18. The summed E-state index contributed by atoms with van der Waals surface area (Å²) in [4.78, 5) is 27.9. The predicted octanol–water partition coefficient (Wildman–Crippen LogP) is 14.9. The summed E-state index contributed by atoms with van der Waals surface area (Å²) in [6.07, 6.45) is 39.5. The molecular formula is C50H91NO4. The van der Waals surface area contributed by atoms with Crippen LogP contribution in [0.4, 0.5) is 4.79 Å². The van der Waals surface area contributed by atoms with Crippen LogP contribution in [0.3, 0.4) is 0 Å². The summed E-state index contributed by atoms with van der Waals surface area (Å²) < 4.78 is 11.5. The largest absolute Gasteiger partial charge is 0.469 e. The van der Waals surface area contributed by atoms with Crippen LogP contribution in [0, 0.1) is 46.3 Å². The SMILES string of the molecule is CCCCCCCCCCCCN(CCCCCCCCCCCC)C(=O)O[C@@H]1CC[C@@]2(C)C(CCC3C2CC[C@@]2(C)C3CC[C@@H]2[C@H](C)CCC(=O)OC)C1. The van der Waals surface area contributed by atoms with Gasteiger partial charge in [0.05, 0.1) is 7.11 Å². The molecule has 0 aromatic carbocycles. The van der Waals surface area contributed by atoms with Gasteiger partial charge in [-0.25, -0.2) is 4.79 Å². The van der Waals surface area contributed by atoms with Crippen molar-refractivity contribution < 1.29 is 19.1 Å². The quantitative estimate of drug-likeness (QED) is 0.0617. The number of esters is 1. The van der Waals surface area contributed by atoms with Crippen LogP contribution in [0.15, 0.2) is 0 Å². The van der Waals surface area contributed by atoms with E-state index >= 15 is 0 Å². The van der Waals surface area contributed by atoms with Gasteiger partial charge in [-0.15, -0.1) is 0 Å². The van der Waals surface area contributed by atoms with Crippen molar-refractivity contribution in [2.75, 3.05) is 20.2 Å². The van der Waals surface area contributed by atoms with E-state index in [4.69, 9.17) is 9.47 Å². The summed E-state index contributed by atoms with van der Waals surface area (Å²) in [5, 5.41) is 0. The summed E-state index contributed by atoms with van der Waals surface area (Å²) >= 11 is 0. The van der Waals surface area contributed by atoms with Crippen molar-refractivity contribution in [2.45, 2.75) is 240 Å². The Labute approximate surface area is 341 Å². The van der Waals surface area contributed by atoms with E-state index in [9.17, 15) is 9.59 Å². The zero-order chi connectivity index (χ0) is 39.5. The lowest BCUT2D eigenvalue weighted by atomic mass is 9.44. The Morgan fingerprint density at radius 3 is 1.69 bits per heavy atom. The van der Waals surface area contributed by atoms with Crippen LogP contribution in [-0.2, 0) is 14.3 Å². The molecule has 4 saturated carbocycles. The minimum atomic E-state index is -0.0568. The second-order valence-electron chi connectivity index (χ2n) is 20.1. The first-order valence-electron chi connectivity index (χ1n) is 24.7. The fourth-order valence-electron chi connectivity index (χ4n) is 13.0. The number of carbonyl (C=O) groups excluding carboxylic acids is 2. The molecule has 0 saturated heterocycles. The van der Waals surface area contributed by atoms with Crippen molar-refractivity contribution in [1.29, 1.82) is 0 Å². The zero-order valence-corrected chi connectivity index (χ0v) is 37.5. The van der Waals surface area contributed by atoms with Gasteiger partial charge in [-0.2, -0.15) is 0 Å². The number of ether oxygens (including phenoxy) is 2. The summed E-state index contributed by atoms with van der Waals surface area (Å²) in [6.45, 7) is 14.0. The van der Waals surface area contributed by atoms with E-state index in [1.54, 1.807) is 0 Å². The Hall–Kier alpha value is -1.26. The van der Waals surface area contributed by atoms with E-state index in [-0.39, 0.29) is 18.2 Å². The monoisotopic (exact) mass is 770 g/mol. The number of rotatable bonds is 27. The third-order valence-corrected chi connectivity index (χ3v) is 16.5. The summed E-state index contributed by atoms with van der Waals surface area (Å²) in [7, 11) is 1.52. The molecule has 4 aliphatic carbocycles. The summed E-state index contributed by atoms with van der Waals surface area (Å²) in [6, 6.07) is 0. The smallest absolute Gasteiger partial charge is 0.410 e.